The number of hydrogen-bond acceptors (Lipinski definition) is 6. The zero-order valence-corrected chi connectivity index (χ0v) is 13.9. The Kier molecular flexibility index (Phi) is 4.25. The molecular weight excluding hydrogens is 312 g/mol. The van der Waals surface area contributed by atoms with E-state index >= 15 is 0 Å². The monoisotopic (exact) mass is 328 g/mol. The smallest absolute Gasteiger partial charge is 0.342 e. The minimum absolute atomic E-state index is 0.130. The Morgan fingerprint density at radius 3 is 2.74 bits per heavy atom. The van der Waals surface area contributed by atoms with Gasteiger partial charge < -0.3 is 9.15 Å². The highest BCUT2D eigenvalue weighted by molar-refractivity contribution is 7.13. The van der Waals surface area contributed by atoms with Gasteiger partial charge in [0.15, 0.2) is 0 Å². The zero-order valence-electron chi connectivity index (χ0n) is 13.1. The summed E-state index contributed by atoms with van der Waals surface area (Å²) in [6.07, 6.45) is 1.73. The molecule has 0 unspecified atom stereocenters. The van der Waals surface area contributed by atoms with Gasteiger partial charge in [-0.2, -0.15) is 0 Å². The molecule has 0 radical (unpaired) electrons. The quantitative estimate of drug-likeness (QED) is 0.675. The van der Waals surface area contributed by atoms with Crippen LogP contribution in [0.15, 0.2) is 34.2 Å². The first-order valence-corrected chi connectivity index (χ1v) is 8.03. The van der Waals surface area contributed by atoms with E-state index in [2.05, 4.69) is 9.97 Å². The lowest BCUT2D eigenvalue weighted by molar-refractivity contribution is 0.0466. The molecular formula is C17H16N2O3S. The maximum Gasteiger partial charge on any atom is 0.342 e. The van der Waals surface area contributed by atoms with E-state index in [4.69, 9.17) is 9.15 Å². The fourth-order valence-corrected chi connectivity index (χ4v) is 3.07. The Hall–Kier alpha value is -2.47. The van der Waals surface area contributed by atoms with Crippen LogP contribution in [0.25, 0.3) is 10.7 Å². The number of aryl methyl sites for hydroxylation is 2. The Morgan fingerprint density at radius 2 is 2.09 bits per heavy atom. The third-order valence-electron chi connectivity index (χ3n) is 3.55. The van der Waals surface area contributed by atoms with E-state index in [0.29, 0.717) is 17.0 Å². The number of carbonyl (C=O) groups is 1. The molecule has 0 bridgehead atoms. The molecule has 0 saturated carbocycles. The second kappa shape index (κ2) is 6.34. The zero-order chi connectivity index (χ0) is 16.4. The molecule has 0 saturated heterocycles. The van der Waals surface area contributed by atoms with E-state index in [1.165, 1.54) is 11.3 Å². The Morgan fingerprint density at radius 1 is 1.26 bits per heavy atom. The summed E-state index contributed by atoms with van der Waals surface area (Å²) in [5.41, 5.74) is 2.84. The van der Waals surface area contributed by atoms with Crippen LogP contribution in [0.4, 0.5) is 0 Å². The molecule has 0 aliphatic carbocycles. The fraction of sp³-hybridized carbons (Fsp3) is 0.235. The summed E-state index contributed by atoms with van der Waals surface area (Å²) in [4.78, 5) is 20.9. The van der Waals surface area contributed by atoms with Gasteiger partial charge in [-0.1, -0.05) is 6.07 Å². The van der Waals surface area contributed by atoms with Crippen molar-refractivity contribution in [3.63, 3.8) is 0 Å². The lowest BCUT2D eigenvalue weighted by Crippen LogP contribution is -2.07. The number of rotatable bonds is 4. The van der Waals surface area contributed by atoms with Crippen LogP contribution in [0.2, 0.25) is 0 Å². The number of thiazole rings is 1. The van der Waals surface area contributed by atoms with Gasteiger partial charge >= 0.3 is 5.97 Å². The van der Waals surface area contributed by atoms with Crippen molar-refractivity contribution in [3.05, 3.63) is 58.1 Å². The van der Waals surface area contributed by atoms with Crippen molar-refractivity contribution < 1.29 is 13.9 Å². The second-order valence-corrected chi connectivity index (χ2v) is 6.01. The van der Waals surface area contributed by atoms with Crippen LogP contribution in [0.1, 0.15) is 33.1 Å². The SMILES string of the molecule is Cc1oc(C)c(C(=O)OCc2csc(-c3ccccn3)n2)c1C. The Bertz CT molecular complexity index is 837. The predicted molar refractivity (Wildman–Crippen MR) is 87.4 cm³/mol. The molecule has 0 aliphatic rings. The number of nitrogens with zero attached hydrogens (tertiary/aromatic N) is 2. The number of aromatic nitrogens is 2. The number of esters is 1. The molecule has 6 heteroatoms. The van der Waals surface area contributed by atoms with Crippen LogP contribution in [0.3, 0.4) is 0 Å². The van der Waals surface area contributed by atoms with Crippen molar-refractivity contribution in [2.45, 2.75) is 27.4 Å². The van der Waals surface area contributed by atoms with Gasteiger partial charge in [-0.05, 0) is 32.9 Å². The lowest BCUT2D eigenvalue weighted by atomic mass is 10.1. The van der Waals surface area contributed by atoms with E-state index in [9.17, 15) is 4.79 Å². The molecule has 5 nitrogen and oxygen atoms in total. The highest BCUT2D eigenvalue weighted by Crippen LogP contribution is 2.24. The van der Waals surface area contributed by atoms with E-state index in [1.807, 2.05) is 37.4 Å². The van der Waals surface area contributed by atoms with Gasteiger partial charge in [0, 0.05) is 17.1 Å². The largest absolute Gasteiger partial charge is 0.465 e. The van der Waals surface area contributed by atoms with Crippen LogP contribution >= 0.6 is 11.3 Å². The number of ether oxygens (including phenoxy) is 1. The molecule has 0 spiro atoms. The number of furan rings is 1. The summed E-state index contributed by atoms with van der Waals surface area (Å²) >= 11 is 1.48. The Balaban J connectivity index is 1.69. The van der Waals surface area contributed by atoms with Gasteiger partial charge in [0.1, 0.15) is 28.7 Å². The number of carbonyl (C=O) groups excluding carboxylic acids is 1. The topological polar surface area (TPSA) is 65.2 Å². The predicted octanol–water partition coefficient (Wildman–Crippen LogP) is 4.08. The van der Waals surface area contributed by atoms with Gasteiger partial charge in [-0.3, -0.25) is 4.98 Å². The van der Waals surface area contributed by atoms with Crippen LogP contribution in [0, 0.1) is 20.8 Å². The first kappa shape index (κ1) is 15.4. The lowest BCUT2D eigenvalue weighted by Gasteiger charge is -2.03. The van der Waals surface area contributed by atoms with Crippen molar-refractivity contribution in [2.24, 2.45) is 0 Å². The number of pyridine rings is 1. The molecule has 3 aromatic heterocycles. The average Bonchev–Trinajstić information content (AvgIpc) is 3.11. The summed E-state index contributed by atoms with van der Waals surface area (Å²) in [5, 5.41) is 2.68. The molecule has 0 atom stereocenters. The van der Waals surface area contributed by atoms with Gasteiger partial charge in [-0.25, -0.2) is 9.78 Å². The summed E-state index contributed by atoms with van der Waals surface area (Å²) < 4.78 is 10.8. The molecule has 3 aromatic rings. The van der Waals surface area contributed by atoms with Crippen LogP contribution in [0.5, 0.6) is 0 Å². The number of hydrogen-bond donors (Lipinski definition) is 0. The van der Waals surface area contributed by atoms with Crippen molar-refractivity contribution in [2.75, 3.05) is 0 Å². The van der Waals surface area contributed by atoms with Crippen LogP contribution in [-0.4, -0.2) is 15.9 Å². The van der Waals surface area contributed by atoms with Crippen molar-refractivity contribution >= 4 is 17.3 Å². The molecule has 3 rings (SSSR count). The summed E-state index contributed by atoms with van der Waals surface area (Å²) in [6.45, 7) is 5.58. The molecule has 0 fully saturated rings. The maximum atomic E-state index is 12.2. The molecule has 118 valence electrons. The molecule has 3 heterocycles. The summed E-state index contributed by atoms with van der Waals surface area (Å²) in [5.74, 6) is 0.933. The molecule has 0 N–H and O–H groups in total. The molecule has 0 amide bonds. The average molecular weight is 328 g/mol. The molecule has 0 aliphatic heterocycles. The van der Waals surface area contributed by atoms with Crippen molar-refractivity contribution in [1.29, 1.82) is 0 Å². The highest BCUT2D eigenvalue weighted by atomic mass is 32.1. The molecule has 0 aromatic carbocycles. The second-order valence-electron chi connectivity index (χ2n) is 5.15. The normalized spacial score (nSPS) is 10.7. The summed E-state index contributed by atoms with van der Waals surface area (Å²) in [6, 6.07) is 5.67. The molecule has 23 heavy (non-hydrogen) atoms. The maximum absolute atomic E-state index is 12.2. The van der Waals surface area contributed by atoms with E-state index in [0.717, 1.165) is 22.0 Å². The van der Waals surface area contributed by atoms with E-state index < -0.39 is 0 Å². The van der Waals surface area contributed by atoms with Gasteiger partial charge in [0.2, 0.25) is 0 Å². The first-order valence-electron chi connectivity index (χ1n) is 7.15. The first-order chi connectivity index (χ1) is 11.1. The van der Waals surface area contributed by atoms with Crippen LogP contribution in [-0.2, 0) is 11.3 Å². The minimum Gasteiger partial charge on any atom is -0.465 e. The third-order valence-corrected chi connectivity index (χ3v) is 4.47. The van der Waals surface area contributed by atoms with Gasteiger partial charge in [-0.15, -0.1) is 11.3 Å². The highest BCUT2D eigenvalue weighted by Gasteiger charge is 2.20. The van der Waals surface area contributed by atoms with Gasteiger partial charge in [0.25, 0.3) is 0 Å². The standard InChI is InChI=1S/C17H16N2O3S/c1-10-11(2)22-12(3)15(10)17(20)21-8-13-9-23-16(19-13)14-6-4-5-7-18-14/h4-7,9H,8H2,1-3H3. The van der Waals surface area contributed by atoms with Crippen molar-refractivity contribution in [1.82, 2.24) is 9.97 Å². The Labute approximate surface area is 138 Å². The minimum atomic E-state index is -0.385. The fourth-order valence-electron chi connectivity index (χ4n) is 2.29. The van der Waals surface area contributed by atoms with Gasteiger partial charge in [0.05, 0.1) is 11.4 Å². The van der Waals surface area contributed by atoms with E-state index in [-0.39, 0.29) is 12.6 Å². The van der Waals surface area contributed by atoms with E-state index in [1.54, 1.807) is 13.1 Å². The van der Waals surface area contributed by atoms with Crippen molar-refractivity contribution in [3.8, 4) is 10.7 Å². The summed E-state index contributed by atoms with van der Waals surface area (Å²) in [7, 11) is 0. The third kappa shape index (κ3) is 3.17. The van der Waals surface area contributed by atoms with Crippen LogP contribution < -0.4 is 0 Å².